The molecule has 1 aromatic heterocycles. The number of hydrogen-bond donors (Lipinski definition) is 1. The molecule has 0 aromatic carbocycles. The highest BCUT2D eigenvalue weighted by Gasteiger charge is 2.24. The van der Waals surface area contributed by atoms with Crippen LogP contribution in [0.2, 0.25) is 0 Å². The summed E-state index contributed by atoms with van der Waals surface area (Å²) in [5, 5.41) is 11.5. The van der Waals surface area contributed by atoms with Crippen molar-refractivity contribution in [3.8, 4) is 0 Å². The van der Waals surface area contributed by atoms with Crippen molar-refractivity contribution in [3.05, 3.63) is 21.9 Å². The van der Waals surface area contributed by atoms with Gasteiger partial charge in [0.1, 0.15) is 4.88 Å². The minimum Gasteiger partial charge on any atom is -0.465 e. The first-order valence-corrected chi connectivity index (χ1v) is 7.55. The molecule has 4 nitrogen and oxygen atoms in total. The zero-order valence-corrected chi connectivity index (χ0v) is 12.3. The highest BCUT2D eigenvalue weighted by molar-refractivity contribution is 7.12. The lowest BCUT2D eigenvalue weighted by Crippen LogP contribution is -2.36. The molecule has 19 heavy (non-hydrogen) atoms. The van der Waals surface area contributed by atoms with Crippen molar-refractivity contribution < 1.29 is 14.6 Å². The Morgan fingerprint density at radius 2 is 2.26 bits per heavy atom. The SMILES string of the molecule is COC(=O)c1sccc1CN1CCC(C(C)O)CC1. The van der Waals surface area contributed by atoms with Crippen LogP contribution in [-0.4, -0.2) is 42.3 Å². The maximum Gasteiger partial charge on any atom is 0.348 e. The number of ether oxygens (including phenoxy) is 1. The summed E-state index contributed by atoms with van der Waals surface area (Å²) in [6, 6.07) is 2.00. The molecule has 1 N–H and O–H groups in total. The standard InChI is InChI=1S/C14H21NO3S/c1-10(16)11-3-6-15(7-4-11)9-12-5-8-19-13(12)14(17)18-2/h5,8,10-11,16H,3-4,6-7,9H2,1-2H3. The fourth-order valence-corrected chi connectivity index (χ4v) is 3.40. The Morgan fingerprint density at radius 1 is 1.58 bits per heavy atom. The summed E-state index contributed by atoms with van der Waals surface area (Å²) >= 11 is 1.44. The molecule has 2 heterocycles. The van der Waals surface area contributed by atoms with E-state index in [4.69, 9.17) is 4.74 Å². The van der Waals surface area contributed by atoms with Crippen LogP contribution in [-0.2, 0) is 11.3 Å². The summed E-state index contributed by atoms with van der Waals surface area (Å²) in [4.78, 5) is 14.7. The van der Waals surface area contributed by atoms with Crippen molar-refractivity contribution in [2.45, 2.75) is 32.4 Å². The number of carbonyl (C=O) groups is 1. The smallest absolute Gasteiger partial charge is 0.348 e. The fraction of sp³-hybridized carbons (Fsp3) is 0.643. The lowest BCUT2D eigenvalue weighted by atomic mass is 9.92. The third kappa shape index (κ3) is 3.55. The number of methoxy groups -OCH3 is 1. The van der Waals surface area contributed by atoms with Crippen LogP contribution in [0.1, 0.15) is 35.0 Å². The average Bonchev–Trinajstić information content (AvgIpc) is 2.86. The molecule has 5 heteroatoms. The van der Waals surface area contributed by atoms with Gasteiger partial charge in [0, 0.05) is 6.54 Å². The van der Waals surface area contributed by atoms with Crippen LogP contribution in [0.4, 0.5) is 0 Å². The van der Waals surface area contributed by atoms with Gasteiger partial charge >= 0.3 is 5.97 Å². The minimum atomic E-state index is -0.246. The van der Waals surface area contributed by atoms with E-state index >= 15 is 0 Å². The van der Waals surface area contributed by atoms with Gasteiger partial charge in [-0.2, -0.15) is 0 Å². The van der Waals surface area contributed by atoms with E-state index in [-0.39, 0.29) is 12.1 Å². The van der Waals surface area contributed by atoms with E-state index < -0.39 is 0 Å². The second-order valence-electron chi connectivity index (χ2n) is 5.12. The largest absolute Gasteiger partial charge is 0.465 e. The third-order valence-corrected chi connectivity index (χ3v) is 4.76. The summed E-state index contributed by atoms with van der Waals surface area (Å²) in [5.74, 6) is 0.169. The van der Waals surface area contributed by atoms with Gasteiger partial charge in [0.05, 0.1) is 13.2 Å². The van der Waals surface area contributed by atoms with Crippen LogP contribution in [0.25, 0.3) is 0 Å². The summed E-state index contributed by atoms with van der Waals surface area (Å²) < 4.78 is 4.79. The van der Waals surface area contributed by atoms with Crippen LogP contribution in [0, 0.1) is 5.92 Å². The molecule has 0 saturated carbocycles. The van der Waals surface area contributed by atoms with Crippen LogP contribution in [0.15, 0.2) is 11.4 Å². The van der Waals surface area contributed by atoms with E-state index in [0.29, 0.717) is 10.8 Å². The summed E-state index contributed by atoms with van der Waals surface area (Å²) in [7, 11) is 1.42. The number of carbonyl (C=O) groups excluding carboxylic acids is 1. The van der Waals surface area contributed by atoms with Crippen molar-refractivity contribution >= 4 is 17.3 Å². The molecule has 0 spiro atoms. The van der Waals surface area contributed by atoms with Gasteiger partial charge in [0.15, 0.2) is 0 Å². The molecule has 106 valence electrons. The van der Waals surface area contributed by atoms with Gasteiger partial charge in [-0.25, -0.2) is 4.79 Å². The zero-order chi connectivity index (χ0) is 13.8. The molecule has 1 aromatic rings. The van der Waals surface area contributed by atoms with Crippen LogP contribution < -0.4 is 0 Å². The van der Waals surface area contributed by atoms with Gasteiger partial charge in [0.25, 0.3) is 0 Å². The van der Waals surface area contributed by atoms with Gasteiger partial charge in [-0.15, -0.1) is 11.3 Å². The number of piperidine rings is 1. The number of aliphatic hydroxyl groups is 1. The first-order chi connectivity index (χ1) is 9.11. The van der Waals surface area contributed by atoms with E-state index in [0.717, 1.165) is 38.0 Å². The van der Waals surface area contributed by atoms with E-state index in [1.54, 1.807) is 0 Å². The summed E-state index contributed by atoms with van der Waals surface area (Å²) in [6.07, 6.45) is 1.83. The molecule has 2 rings (SSSR count). The molecule has 0 amide bonds. The molecule has 1 atom stereocenters. The molecule has 1 unspecified atom stereocenters. The lowest BCUT2D eigenvalue weighted by molar-refractivity contribution is 0.0599. The van der Waals surface area contributed by atoms with Crippen molar-refractivity contribution in [2.75, 3.05) is 20.2 Å². The van der Waals surface area contributed by atoms with Gasteiger partial charge in [0.2, 0.25) is 0 Å². The molecule has 1 saturated heterocycles. The Labute approximate surface area is 118 Å². The fourth-order valence-electron chi connectivity index (χ4n) is 2.57. The lowest BCUT2D eigenvalue weighted by Gasteiger charge is -2.33. The highest BCUT2D eigenvalue weighted by atomic mass is 32.1. The highest BCUT2D eigenvalue weighted by Crippen LogP contribution is 2.24. The van der Waals surface area contributed by atoms with Crippen LogP contribution in [0.5, 0.6) is 0 Å². The maximum absolute atomic E-state index is 11.6. The topological polar surface area (TPSA) is 49.8 Å². The third-order valence-electron chi connectivity index (χ3n) is 3.83. The van der Waals surface area contributed by atoms with Crippen molar-refractivity contribution in [3.63, 3.8) is 0 Å². The summed E-state index contributed by atoms with van der Waals surface area (Å²) in [6.45, 7) is 4.62. The van der Waals surface area contributed by atoms with E-state index in [9.17, 15) is 9.90 Å². The number of hydrogen-bond acceptors (Lipinski definition) is 5. The quantitative estimate of drug-likeness (QED) is 0.860. The Hall–Kier alpha value is -0.910. The van der Waals surface area contributed by atoms with Crippen molar-refractivity contribution in [2.24, 2.45) is 5.92 Å². The monoisotopic (exact) mass is 283 g/mol. The number of aliphatic hydroxyl groups excluding tert-OH is 1. The Balaban J connectivity index is 1.93. The minimum absolute atomic E-state index is 0.214. The number of nitrogens with zero attached hydrogens (tertiary/aromatic N) is 1. The number of rotatable bonds is 4. The molecular weight excluding hydrogens is 262 g/mol. The Bertz CT molecular complexity index is 422. The normalized spacial score (nSPS) is 19.3. The second-order valence-corrected chi connectivity index (χ2v) is 6.04. The van der Waals surface area contributed by atoms with Gasteiger partial charge in [-0.1, -0.05) is 0 Å². The van der Waals surface area contributed by atoms with Gasteiger partial charge in [-0.3, -0.25) is 4.90 Å². The van der Waals surface area contributed by atoms with Gasteiger partial charge in [-0.05, 0) is 55.8 Å². The number of esters is 1. The van der Waals surface area contributed by atoms with E-state index in [1.165, 1.54) is 18.4 Å². The molecule has 1 aliphatic rings. The van der Waals surface area contributed by atoms with E-state index in [2.05, 4.69) is 4.90 Å². The Morgan fingerprint density at radius 3 is 2.84 bits per heavy atom. The molecule has 0 aliphatic carbocycles. The van der Waals surface area contributed by atoms with Gasteiger partial charge < -0.3 is 9.84 Å². The van der Waals surface area contributed by atoms with Crippen molar-refractivity contribution in [1.82, 2.24) is 4.90 Å². The summed E-state index contributed by atoms with van der Waals surface area (Å²) in [5.41, 5.74) is 1.05. The van der Waals surface area contributed by atoms with Crippen LogP contribution >= 0.6 is 11.3 Å². The zero-order valence-electron chi connectivity index (χ0n) is 11.5. The molecule has 1 fully saturated rings. The Kier molecular flexibility index (Phi) is 4.96. The number of thiophene rings is 1. The second kappa shape index (κ2) is 6.50. The van der Waals surface area contributed by atoms with E-state index in [1.807, 2.05) is 18.4 Å². The molecule has 1 aliphatic heterocycles. The predicted octanol–water partition coefficient (Wildman–Crippen LogP) is 2.13. The molecular formula is C14H21NO3S. The molecule has 0 bridgehead atoms. The number of likely N-dealkylation sites (tertiary alicyclic amines) is 1. The first kappa shape index (κ1) is 14.5. The van der Waals surface area contributed by atoms with Crippen LogP contribution in [0.3, 0.4) is 0 Å². The maximum atomic E-state index is 11.6. The molecule has 0 radical (unpaired) electrons. The first-order valence-electron chi connectivity index (χ1n) is 6.67. The average molecular weight is 283 g/mol. The predicted molar refractivity (Wildman–Crippen MR) is 75.3 cm³/mol. The van der Waals surface area contributed by atoms with Crippen molar-refractivity contribution in [1.29, 1.82) is 0 Å².